The number of carbonyl (C=O) groups is 2. The van der Waals surface area contributed by atoms with E-state index in [0.717, 1.165) is 27.3 Å². The molecule has 142 valence electrons. The summed E-state index contributed by atoms with van der Waals surface area (Å²) < 4.78 is 5.41. The van der Waals surface area contributed by atoms with Crippen LogP contribution in [0.3, 0.4) is 0 Å². The van der Waals surface area contributed by atoms with Crippen LogP contribution in [0, 0.1) is 6.92 Å². The average molecular weight is 394 g/mol. The average Bonchev–Trinajstić information content (AvgIpc) is 3.26. The summed E-state index contributed by atoms with van der Waals surface area (Å²) in [6.45, 7) is 1.91. The van der Waals surface area contributed by atoms with Gasteiger partial charge in [0.25, 0.3) is 0 Å². The Morgan fingerprint density at radius 1 is 1.14 bits per heavy atom. The van der Waals surface area contributed by atoms with Gasteiger partial charge in [-0.3, -0.25) is 0 Å². The molecular formula is C21H18N2O4S. The molecule has 6 nitrogen and oxygen atoms in total. The van der Waals surface area contributed by atoms with Gasteiger partial charge in [-0.05, 0) is 29.2 Å². The molecule has 0 aliphatic heterocycles. The van der Waals surface area contributed by atoms with Crippen LogP contribution in [0.4, 0.5) is 4.79 Å². The number of benzene rings is 2. The van der Waals surface area contributed by atoms with Crippen LogP contribution >= 0.6 is 11.3 Å². The van der Waals surface area contributed by atoms with Crippen molar-refractivity contribution in [2.75, 3.05) is 6.61 Å². The van der Waals surface area contributed by atoms with Crippen molar-refractivity contribution in [1.29, 1.82) is 0 Å². The standard InChI is InChI=1S/C21H18N2O4S/c1-12-22-18(11-28-12)19(20(24)25)23-21(26)27-10-17-15-8-4-2-6-13(15)14-7-3-5-9-16(14)17/h2-9,11,17,19H,10H2,1H3,(H,23,26)(H,24,25). The molecule has 1 aliphatic rings. The van der Waals surface area contributed by atoms with E-state index in [-0.39, 0.29) is 12.5 Å². The van der Waals surface area contributed by atoms with Crippen molar-refractivity contribution < 1.29 is 19.4 Å². The highest BCUT2D eigenvalue weighted by atomic mass is 32.1. The maximum Gasteiger partial charge on any atom is 0.408 e. The summed E-state index contributed by atoms with van der Waals surface area (Å²) in [6.07, 6.45) is -0.778. The van der Waals surface area contributed by atoms with Gasteiger partial charge in [0.15, 0.2) is 6.04 Å². The number of ether oxygens (including phenoxy) is 1. The number of alkyl carbamates (subject to hydrolysis) is 1. The zero-order valence-electron chi connectivity index (χ0n) is 15.1. The predicted molar refractivity (Wildman–Crippen MR) is 105 cm³/mol. The van der Waals surface area contributed by atoms with E-state index in [1.165, 1.54) is 11.3 Å². The topological polar surface area (TPSA) is 88.5 Å². The molecule has 2 N–H and O–H groups in total. The third kappa shape index (κ3) is 3.36. The Morgan fingerprint density at radius 2 is 1.75 bits per heavy atom. The lowest BCUT2D eigenvalue weighted by molar-refractivity contribution is -0.139. The van der Waals surface area contributed by atoms with Gasteiger partial charge in [0.2, 0.25) is 0 Å². The third-order valence-electron chi connectivity index (χ3n) is 4.79. The maximum absolute atomic E-state index is 12.3. The molecule has 0 radical (unpaired) electrons. The number of aromatic nitrogens is 1. The van der Waals surface area contributed by atoms with E-state index >= 15 is 0 Å². The predicted octanol–water partition coefficient (Wildman–Crippen LogP) is 4.12. The molecule has 0 saturated heterocycles. The van der Waals surface area contributed by atoms with Crippen LogP contribution in [0.15, 0.2) is 53.9 Å². The lowest BCUT2D eigenvalue weighted by atomic mass is 9.98. The van der Waals surface area contributed by atoms with Crippen molar-refractivity contribution in [2.24, 2.45) is 0 Å². The Balaban J connectivity index is 1.48. The fourth-order valence-electron chi connectivity index (χ4n) is 3.53. The summed E-state index contributed by atoms with van der Waals surface area (Å²) in [5.41, 5.74) is 4.76. The molecule has 0 saturated carbocycles. The number of aliphatic carboxylic acids is 1. The van der Waals surface area contributed by atoms with Crippen LogP contribution in [-0.2, 0) is 9.53 Å². The highest BCUT2D eigenvalue weighted by Gasteiger charge is 2.30. The quantitative estimate of drug-likeness (QED) is 0.680. The molecule has 1 aliphatic carbocycles. The lowest BCUT2D eigenvalue weighted by Gasteiger charge is -2.16. The second-order valence-corrected chi connectivity index (χ2v) is 7.59. The van der Waals surface area contributed by atoms with Crippen molar-refractivity contribution in [3.8, 4) is 11.1 Å². The largest absolute Gasteiger partial charge is 0.479 e. The van der Waals surface area contributed by atoms with Gasteiger partial charge in [0.1, 0.15) is 6.61 Å². The molecule has 1 atom stereocenters. The summed E-state index contributed by atoms with van der Waals surface area (Å²) in [7, 11) is 0. The molecule has 0 spiro atoms. The summed E-state index contributed by atoms with van der Waals surface area (Å²) in [4.78, 5) is 28.0. The van der Waals surface area contributed by atoms with Gasteiger partial charge in [-0.25, -0.2) is 14.6 Å². The van der Waals surface area contributed by atoms with Gasteiger partial charge < -0.3 is 15.2 Å². The first-order valence-corrected chi connectivity index (χ1v) is 9.69. The molecule has 0 fully saturated rings. The molecule has 1 heterocycles. The minimum atomic E-state index is -1.24. The number of carboxylic acid groups (broad SMARTS) is 1. The summed E-state index contributed by atoms with van der Waals surface area (Å²) in [5.74, 6) is -1.26. The van der Waals surface area contributed by atoms with E-state index in [2.05, 4.69) is 22.4 Å². The zero-order chi connectivity index (χ0) is 19.7. The molecule has 1 unspecified atom stereocenters. The van der Waals surface area contributed by atoms with E-state index in [0.29, 0.717) is 5.69 Å². The number of rotatable bonds is 5. The smallest absolute Gasteiger partial charge is 0.408 e. The summed E-state index contributed by atoms with van der Waals surface area (Å²) in [5, 5.41) is 14.2. The van der Waals surface area contributed by atoms with Gasteiger partial charge in [-0.1, -0.05) is 48.5 Å². The van der Waals surface area contributed by atoms with Crippen LogP contribution < -0.4 is 5.32 Å². The van der Waals surface area contributed by atoms with Crippen LogP contribution in [-0.4, -0.2) is 28.8 Å². The van der Waals surface area contributed by atoms with E-state index < -0.39 is 18.1 Å². The Labute approximate surface area is 165 Å². The van der Waals surface area contributed by atoms with Gasteiger partial charge >= 0.3 is 12.1 Å². The van der Waals surface area contributed by atoms with Crippen molar-refractivity contribution >= 4 is 23.4 Å². The number of thiazole rings is 1. The molecule has 3 aromatic rings. The Hall–Kier alpha value is -3.19. The van der Waals surface area contributed by atoms with Crippen molar-refractivity contribution in [1.82, 2.24) is 10.3 Å². The maximum atomic E-state index is 12.3. The summed E-state index contributed by atoms with van der Waals surface area (Å²) >= 11 is 1.33. The first-order valence-electron chi connectivity index (χ1n) is 8.81. The van der Waals surface area contributed by atoms with E-state index in [1.807, 2.05) is 36.4 Å². The molecular weight excluding hydrogens is 376 g/mol. The summed E-state index contributed by atoms with van der Waals surface area (Å²) in [6, 6.07) is 14.8. The minimum absolute atomic E-state index is 0.0806. The second-order valence-electron chi connectivity index (χ2n) is 6.53. The van der Waals surface area contributed by atoms with Gasteiger partial charge in [0.05, 0.1) is 10.7 Å². The normalized spacial score (nSPS) is 13.5. The second kappa shape index (κ2) is 7.44. The van der Waals surface area contributed by atoms with E-state index in [9.17, 15) is 14.7 Å². The number of hydrogen-bond acceptors (Lipinski definition) is 5. The Bertz CT molecular complexity index is 1000. The highest BCUT2D eigenvalue weighted by Crippen LogP contribution is 2.44. The fourth-order valence-corrected chi connectivity index (χ4v) is 4.17. The monoisotopic (exact) mass is 394 g/mol. The first-order chi connectivity index (χ1) is 13.5. The number of amides is 1. The fraction of sp³-hybridized carbons (Fsp3) is 0.190. The van der Waals surface area contributed by atoms with Crippen LogP contribution in [0.2, 0.25) is 0 Å². The molecule has 28 heavy (non-hydrogen) atoms. The molecule has 2 aromatic carbocycles. The van der Waals surface area contributed by atoms with E-state index in [4.69, 9.17) is 4.74 Å². The number of carboxylic acids is 1. The number of hydrogen-bond donors (Lipinski definition) is 2. The minimum Gasteiger partial charge on any atom is -0.479 e. The number of fused-ring (bicyclic) bond motifs is 3. The first kappa shape index (κ1) is 18.2. The number of nitrogens with zero attached hydrogens (tertiary/aromatic N) is 1. The molecule has 7 heteroatoms. The van der Waals surface area contributed by atoms with Gasteiger partial charge in [-0.2, -0.15) is 0 Å². The van der Waals surface area contributed by atoms with Crippen molar-refractivity contribution in [2.45, 2.75) is 18.9 Å². The molecule has 1 amide bonds. The zero-order valence-corrected chi connectivity index (χ0v) is 15.9. The van der Waals surface area contributed by atoms with Crippen LogP contribution in [0.1, 0.15) is 33.8 Å². The number of aryl methyl sites for hydroxylation is 1. The number of nitrogens with one attached hydrogen (secondary N) is 1. The SMILES string of the molecule is Cc1nc(C(NC(=O)OCC2c3ccccc3-c3ccccc32)C(=O)O)cs1. The molecule has 1 aromatic heterocycles. The number of carbonyl (C=O) groups excluding carboxylic acids is 1. The van der Waals surface area contributed by atoms with E-state index in [1.54, 1.807) is 12.3 Å². The molecule has 0 bridgehead atoms. The van der Waals surface area contributed by atoms with Gasteiger partial charge in [0, 0.05) is 11.3 Å². The van der Waals surface area contributed by atoms with Gasteiger partial charge in [-0.15, -0.1) is 11.3 Å². The Kier molecular flexibility index (Phi) is 4.83. The Morgan fingerprint density at radius 3 is 2.29 bits per heavy atom. The third-order valence-corrected chi connectivity index (χ3v) is 5.58. The molecule has 4 rings (SSSR count). The van der Waals surface area contributed by atoms with Crippen molar-refractivity contribution in [3.63, 3.8) is 0 Å². The highest BCUT2D eigenvalue weighted by molar-refractivity contribution is 7.09. The lowest BCUT2D eigenvalue weighted by Crippen LogP contribution is -2.35. The van der Waals surface area contributed by atoms with Crippen LogP contribution in [0.25, 0.3) is 11.1 Å². The van der Waals surface area contributed by atoms with Crippen LogP contribution in [0.5, 0.6) is 0 Å². The van der Waals surface area contributed by atoms with Crippen molar-refractivity contribution in [3.05, 3.63) is 75.7 Å².